The third-order valence-corrected chi connectivity index (χ3v) is 3.33. The van der Waals surface area contributed by atoms with Crippen molar-refractivity contribution in [1.29, 1.82) is 0 Å². The van der Waals surface area contributed by atoms with Crippen molar-refractivity contribution in [2.45, 2.75) is 25.8 Å². The third-order valence-electron chi connectivity index (χ3n) is 3.33. The number of nitrogens with zero attached hydrogens (tertiary/aromatic N) is 3. The molecule has 0 atom stereocenters. The maximum absolute atomic E-state index is 11.6. The molecule has 1 N–H and O–H groups in total. The number of carbonyl (C=O) groups is 1. The number of hydrogen-bond donors (Lipinski definition) is 1. The molecule has 8 nitrogen and oxygen atoms in total. The molecule has 1 amide bonds. The first kappa shape index (κ1) is 15.0. The maximum Gasteiger partial charge on any atom is 0.409 e. The van der Waals surface area contributed by atoms with Gasteiger partial charge in [-0.25, -0.2) is 9.78 Å². The molecule has 2 rings (SSSR count). The van der Waals surface area contributed by atoms with E-state index in [-0.39, 0.29) is 17.8 Å². The number of pyridine rings is 1. The number of hydrogen-bond acceptors (Lipinski definition) is 6. The zero-order chi connectivity index (χ0) is 15.2. The fraction of sp³-hybridized carbons (Fsp3) is 0.538. The van der Waals surface area contributed by atoms with E-state index in [1.807, 2.05) is 0 Å². The molecular formula is C13H18N4O4. The van der Waals surface area contributed by atoms with Gasteiger partial charge in [-0.3, -0.25) is 10.1 Å². The van der Waals surface area contributed by atoms with E-state index in [9.17, 15) is 14.9 Å². The van der Waals surface area contributed by atoms with Gasteiger partial charge in [-0.2, -0.15) is 0 Å². The molecule has 1 aliphatic heterocycles. The summed E-state index contributed by atoms with van der Waals surface area (Å²) in [5.74, 6) is 0.607. The molecule has 0 unspecified atom stereocenters. The Kier molecular flexibility index (Phi) is 4.91. The zero-order valence-electron chi connectivity index (χ0n) is 11.8. The van der Waals surface area contributed by atoms with Gasteiger partial charge >= 0.3 is 6.09 Å². The summed E-state index contributed by atoms with van der Waals surface area (Å²) in [7, 11) is 0. The highest BCUT2D eigenvalue weighted by Gasteiger charge is 2.23. The summed E-state index contributed by atoms with van der Waals surface area (Å²) >= 11 is 0. The number of anilines is 1. The molecule has 1 aromatic heterocycles. The number of ether oxygens (including phenoxy) is 1. The number of piperidine rings is 1. The average molecular weight is 294 g/mol. The van der Waals surface area contributed by atoms with Crippen molar-refractivity contribution in [2.75, 3.05) is 25.0 Å². The van der Waals surface area contributed by atoms with Crippen LogP contribution in [0.4, 0.5) is 16.3 Å². The van der Waals surface area contributed by atoms with E-state index in [4.69, 9.17) is 4.74 Å². The van der Waals surface area contributed by atoms with Gasteiger partial charge in [0, 0.05) is 25.2 Å². The number of likely N-dealkylation sites (tertiary alicyclic amines) is 1. The fourth-order valence-electron chi connectivity index (χ4n) is 2.21. The van der Waals surface area contributed by atoms with Crippen molar-refractivity contribution < 1.29 is 14.5 Å². The summed E-state index contributed by atoms with van der Waals surface area (Å²) in [5.41, 5.74) is -0.0299. The lowest BCUT2D eigenvalue weighted by Gasteiger charge is -2.31. The minimum absolute atomic E-state index is 0.0299. The molecule has 1 saturated heterocycles. The van der Waals surface area contributed by atoms with Crippen LogP contribution >= 0.6 is 0 Å². The van der Waals surface area contributed by atoms with E-state index in [1.54, 1.807) is 17.9 Å². The minimum atomic E-state index is -0.478. The molecule has 1 aliphatic rings. The number of amides is 1. The van der Waals surface area contributed by atoms with Crippen LogP contribution in [0.1, 0.15) is 19.8 Å². The van der Waals surface area contributed by atoms with Gasteiger partial charge in [0.1, 0.15) is 12.0 Å². The second-order valence-corrected chi connectivity index (χ2v) is 4.76. The number of rotatable bonds is 4. The predicted molar refractivity (Wildman–Crippen MR) is 76.1 cm³/mol. The normalized spacial score (nSPS) is 15.6. The van der Waals surface area contributed by atoms with Crippen LogP contribution in [-0.2, 0) is 4.74 Å². The molecule has 0 saturated carbocycles. The Morgan fingerprint density at radius 3 is 2.76 bits per heavy atom. The third kappa shape index (κ3) is 4.04. The first-order valence-electron chi connectivity index (χ1n) is 6.89. The van der Waals surface area contributed by atoms with Crippen molar-refractivity contribution in [2.24, 2.45) is 0 Å². The second kappa shape index (κ2) is 6.87. The molecule has 8 heteroatoms. The van der Waals surface area contributed by atoms with Gasteiger partial charge in [0.2, 0.25) is 0 Å². The quantitative estimate of drug-likeness (QED) is 0.674. The summed E-state index contributed by atoms with van der Waals surface area (Å²) < 4.78 is 4.96. The molecule has 0 spiro atoms. The number of nitrogens with one attached hydrogen (secondary N) is 1. The van der Waals surface area contributed by atoms with Crippen LogP contribution in [0.3, 0.4) is 0 Å². The van der Waals surface area contributed by atoms with E-state index in [2.05, 4.69) is 10.3 Å². The smallest absolute Gasteiger partial charge is 0.409 e. The molecule has 0 aliphatic carbocycles. The molecule has 2 heterocycles. The number of nitro groups is 1. The minimum Gasteiger partial charge on any atom is -0.450 e. The van der Waals surface area contributed by atoms with Crippen LogP contribution in [0, 0.1) is 10.1 Å². The van der Waals surface area contributed by atoms with E-state index in [0.29, 0.717) is 25.5 Å². The fourth-order valence-corrected chi connectivity index (χ4v) is 2.21. The lowest BCUT2D eigenvalue weighted by Crippen LogP contribution is -2.42. The Balaban J connectivity index is 1.83. The first-order chi connectivity index (χ1) is 10.1. The maximum atomic E-state index is 11.6. The predicted octanol–water partition coefficient (Wildman–Crippen LogP) is 2.02. The monoisotopic (exact) mass is 294 g/mol. The zero-order valence-corrected chi connectivity index (χ0v) is 11.8. The largest absolute Gasteiger partial charge is 0.450 e. The van der Waals surface area contributed by atoms with Crippen molar-refractivity contribution in [3.8, 4) is 0 Å². The highest BCUT2D eigenvalue weighted by Crippen LogP contribution is 2.17. The lowest BCUT2D eigenvalue weighted by molar-refractivity contribution is -0.385. The van der Waals surface area contributed by atoms with Gasteiger partial charge in [0.15, 0.2) is 0 Å². The van der Waals surface area contributed by atoms with Crippen LogP contribution in [0.5, 0.6) is 0 Å². The Bertz CT molecular complexity index is 497. The van der Waals surface area contributed by atoms with Crippen molar-refractivity contribution >= 4 is 17.6 Å². The molecule has 1 aromatic rings. The topological polar surface area (TPSA) is 97.6 Å². The first-order valence-corrected chi connectivity index (χ1v) is 6.89. The van der Waals surface area contributed by atoms with Crippen LogP contribution in [-0.4, -0.2) is 46.6 Å². The van der Waals surface area contributed by atoms with Crippen LogP contribution in [0.25, 0.3) is 0 Å². The van der Waals surface area contributed by atoms with Gasteiger partial charge in [-0.05, 0) is 25.8 Å². The Hall–Kier alpha value is -2.38. The highest BCUT2D eigenvalue weighted by atomic mass is 16.6. The Labute approximate surface area is 122 Å². The summed E-state index contributed by atoms with van der Waals surface area (Å²) in [4.78, 5) is 27.4. The van der Waals surface area contributed by atoms with Crippen LogP contribution in [0.2, 0.25) is 0 Å². The number of aromatic nitrogens is 1. The van der Waals surface area contributed by atoms with E-state index in [1.165, 1.54) is 12.3 Å². The van der Waals surface area contributed by atoms with Gasteiger partial charge in [-0.15, -0.1) is 0 Å². The highest BCUT2D eigenvalue weighted by molar-refractivity contribution is 5.67. The van der Waals surface area contributed by atoms with Crippen molar-refractivity contribution in [3.05, 3.63) is 28.4 Å². The van der Waals surface area contributed by atoms with Gasteiger partial charge < -0.3 is 15.0 Å². The molecular weight excluding hydrogens is 276 g/mol. The van der Waals surface area contributed by atoms with Crippen LogP contribution in [0.15, 0.2) is 18.3 Å². The molecule has 0 bridgehead atoms. The van der Waals surface area contributed by atoms with Gasteiger partial charge in [0.25, 0.3) is 5.69 Å². The number of carbonyl (C=O) groups excluding carboxylic acids is 1. The summed E-state index contributed by atoms with van der Waals surface area (Å²) in [5, 5.41) is 13.8. The summed E-state index contributed by atoms with van der Waals surface area (Å²) in [6, 6.07) is 3.21. The van der Waals surface area contributed by atoms with E-state index >= 15 is 0 Å². The molecule has 114 valence electrons. The molecule has 0 aromatic carbocycles. The SMILES string of the molecule is CCOC(=O)N1CCC(Nc2ccc([N+](=O)[O-])cn2)CC1. The molecule has 21 heavy (non-hydrogen) atoms. The lowest BCUT2D eigenvalue weighted by atomic mass is 10.1. The van der Waals surface area contributed by atoms with E-state index < -0.39 is 4.92 Å². The molecule has 1 fully saturated rings. The van der Waals surface area contributed by atoms with Crippen molar-refractivity contribution in [3.63, 3.8) is 0 Å². The van der Waals surface area contributed by atoms with Crippen LogP contribution < -0.4 is 5.32 Å². The van der Waals surface area contributed by atoms with Crippen molar-refractivity contribution in [1.82, 2.24) is 9.88 Å². The summed E-state index contributed by atoms with van der Waals surface area (Å²) in [6.07, 6.45) is 2.54. The standard InChI is InChI=1S/C13H18N4O4/c1-2-21-13(18)16-7-5-10(6-8-16)15-12-4-3-11(9-14-12)17(19)20/h3-4,9-10H,2,5-8H2,1H3,(H,14,15). The van der Waals surface area contributed by atoms with Gasteiger partial charge in [-0.1, -0.05) is 0 Å². The van der Waals surface area contributed by atoms with Gasteiger partial charge in [0.05, 0.1) is 11.5 Å². The second-order valence-electron chi connectivity index (χ2n) is 4.76. The van der Waals surface area contributed by atoms with E-state index in [0.717, 1.165) is 12.8 Å². The summed E-state index contributed by atoms with van der Waals surface area (Å²) in [6.45, 7) is 3.42. The molecule has 0 radical (unpaired) electrons. The Morgan fingerprint density at radius 1 is 1.52 bits per heavy atom. The Morgan fingerprint density at radius 2 is 2.24 bits per heavy atom. The average Bonchev–Trinajstić information content (AvgIpc) is 2.49.